The monoisotopic (exact) mass is 1010 g/mol. The smallest absolute Gasteiger partial charge is 0.374 e. The molecule has 0 aliphatic heterocycles. The largest absolute Gasteiger partial charge is 0.496 e. The minimum absolute atomic E-state index is 0. The first-order chi connectivity index (χ1) is 35.5. The molecule has 12 rings (SSSR count). The fourth-order valence-corrected chi connectivity index (χ4v) is 9.41. The third kappa shape index (κ3) is 8.84. The van der Waals surface area contributed by atoms with Crippen LogP contribution in [0.3, 0.4) is 0 Å². The van der Waals surface area contributed by atoms with Crippen LogP contribution in [-0.4, -0.2) is 95.5 Å². The van der Waals surface area contributed by atoms with Crippen LogP contribution in [0.25, 0.3) is 110 Å². The maximum Gasteiger partial charge on any atom is 0.374 e. The molecule has 8 heterocycles. The topological polar surface area (TPSA) is 272 Å². The third-order valence-corrected chi connectivity index (χ3v) is 12.6. The number of nitrogens with two attached hydrogens (primary N) is 1. The van der Waals surface area contributed by atoms with Crippen molar-refractivity contribution in [2.24, 2.45) is 5.73 Å². The van der Waals surface area contributed by atoms with Gasteiger partial charge in [0.05, 0.1) is 69.9 Å². The number of aromatic nitrogens is 10. The molecule has 0 aliphatic rings. The molecule has 0 spiro atoms. The summed E-state index contributed by atoms with van der Waals surface area (Å²) in [4.78, 5) is 58.2. The number of benzene rings is 4. The van der Waals surface area contributed by atoms with Gasteiger partial charge in [-0.3, -0.25) is 14.8 Å². The summed E-state index contributed by atoms with van der Waals surface area (Å²) in [6.45, 7) is 7.49. The first-order valence-corrected chi connectivity index (χ1v) is 22.9. The molecule has 0 aliphatic carbocycles. The number of nitrogens with zero attached hydrogens (tertiary/aromatic N) is 8. The van der Waals surface area contributed by atoms with Crippen LogP contribution in [0.4, 0.5) is 0 Å². The van der Waals surface area contributed by atoms with Gasteiger partial charge in [-0.25, -0.2) is 24.7 Å². The maximum atomic E-state index is 12.6. The second kappa shape index (κ2) is 20.8. The number of amides is 1. The summed E-state index contributed by atoms with van der Waals surface area (Å²) in [6, 6.07) is 27.1. The second-order valence-electron chi connectivity index (χ2n) is 16.7. The molecule has 75 heavy (non-hydrogen) atoms. The molecule has 19 heteroatoms. The highest BCUT2D eigenvalue weighted by atomic mass is 16.5. The van der Waals surface area contributed by atoms with E-state index in [1.807, 2.05) is 113 Å². The van der Waals surface area contributed by atoms with Gasteiger partial charge >= 0.3 is 5.97 Å². The average molecular weight is 1010 g/mol. The summed E-state index contributed by atoms with van der Waals surface area (Å²) >= 11 is 0. The fourth-order valence-electron chi connectivity index (χ4n) is 9.41. The quantitative estimate of drug-likeness (QED) is 0.0946. The van der Waals surface area contributed by atoms with E-state index in [-0.39, 0.29) is 32.4 Å². The Morgan fingerprint density at radius 2 is 1.01 bits per heavy atom. The number of carbonyl (C=O) groups excluding carboxylic acids is 1. The van der Waals surface area contributed by atoms with Crippen molar-refractivity contribution in [2.75, 3.05) is 28.3 Å². The molecular weight excluding hydrogens is 953 g/mol. The number of rotatable bonds is 8. The standard InChI is InChI=1S/C27H22N6O3.C26H19N5O4.CH5N.2CH4/c1-13-22(14(2)36-33-13)18-11-20-17(12-21(18)35-4)23-24(31-26(27(34)28-3)32-25(23)30-20)16-9-10-29-19-8-6-5-7-15(16)19;1-12-21(13(2)35-31-12)17-10-19-16(11-20(17)34-3)22-23(29-25(26(32)33)30-24(22)28-19)15-8-9-27-18-7-5-4-6-14(15)18;1-2;;/h5-12H,1-4H3,(H,28,34)(H,30,31,32);4-11H,1-3H3,(H,32,33)(H,28,29,30);2H2,1H3;2*1H4. The minimum Gasteiger partial charge on any atom is -0.496 e. The number of pyridine rings is 2. The molecule has 0 bridgehead atoms. The normalized spacial score (nSPS) is 10.9. The Bertz CT molecular complexity index is 4110. The number of hydrogen-bond donors (Lipinski definition) is 5. The van der Waals surface area contributed by atoms with Crippen LogP contribution in [0.2, 0.25) is 0 Å². The van der Waals surface area contributed by atoms with Gasteiger partial charge in [0.1, 0.15) is 34.3 Å². The summed E-state index contributed by atoms with van der Waals surface area (Å²) < 4.78 is 22.3. The van der Waals surface area contributed by atoms with Gasteiger partial charge in [0.25, 0.3) is 5.91 Å². The molecular formula is C56H54N12O7. The van der Waals surface area contributed by atoms with Crippen molar-refractivity contribution in [3.05, 3.63) is 132 Å². The SMILES string of the molecule is C.C.CN.CNC(=O)c1nc(-c2ccnc3ccccc23)c2c(n1)[nH]c1cc(-c3c(C)noc3C)c(OC)cc12.COc1cc2c(cc1-c1c(C)noc1C)[nH]c1nc(C(=O)O)nc(-c3ccnc4ccccc34)c12. The van der Waals surface area contributed by atoms with Crippen molar-refractivity contribution in [3.8, 4) is 56.3 Å². The molecule has 4 aromatic carbocycles. The van der Waals surface area contributed by atoms with Gasteiger partial charge in [-0.05, 0) is 83.3 Å². The zero-order valence-corrected chi connectivity index (χ0v) is 40.8. The van der Waals surface area contributed by atoms with Gasteiger partial charge in [0.15, 0.2) is 0 Å². The van der Waals surface area contributed by atoms with Crippen LogP contribution in [0.15, 0.2) is 106 Å². The summed E-state index contributed by atoms with van der Waals surface area (Å²) in [5.74, 6) is 0.867. The number of ether oxygens (including phenoxy) is 2. The van der Waals surface area contributed by atoms with E-state index in [4.69, 9.17) is 23.5 Å². The zero-order valence-electron chi connectivity index (χ0n) is 40.8. The first-order valence-electron chi connectivity index (χ1n) is 22.9. The Labute approximate surface area is 429 Å². The first kappa shape index (κ1) is 51.7. The van der Waals surface area contributed by atoms with E-state index < -0.39 is 5.97 Å². The lowest BCUT2D eigenvalue weighted by atomic mass is 9.99. The van der Waals surface area contributed by atoms with Gasteiger partial charge in [-0.2, -0.15) is 0 Å². The number of aromatic carboxylic acids is 1. The van der Waals surface area contributed by atoms with Crippen LogP contribution in [-0.2, 0) is 0 Å². The van der Waals surface area contributed by atoms with Gasteiger partial charge < -0.3 is 44.6 Å². The average Bonchev–Trinajstić information content (AvgIpc) is 4.19. The lowest BCUT2D eigenvalue weighted by Gasteiger charge is -2.11. The summed E-state index contributed by atoms with van der Waals surface area (Å²) in [6.07, 6.45) is 3.44. The van der Waals surface area contributed by atoms with Crippen LogP contribution >= 0.6 is 0 Å². The number of carboxylic acids is 1. The number of hydrogen-bond acceptors (Lipinski definition) is 15. The van der Waals surface area contributed by atoms with Crippen LogP contribution in [0.5, 0.6) is 11.5 Å². The van der Waals surface area contributed by atoms with E-state index in [1.165, 1.54) is 7.05 Å². The molecule has 19 nitrogen and oxygen atoms in total. The van der Waals surface area contributed by atoms with E-state index in [9.17, 15) is 14.7 Å². The molecule has 380 valence electrons. The lowest BCUT2D eigenvalue weighted by molar-refractivity contribution is 0.0683. The maximum absolute atomic E-state index is 12.6. The summed E-state index contributed by atoms with van der Waals surface area (Å²) in [5, 5.41) is 25.5. The Hall–Kier alpha value is -9.62. The van der Waals surface area contributed by atoms with Crippen LogP contribution in [0.1, 0.15) is 59.0 Å². The van der Waals surface area contributed by atoms with Crippen molar-refractivity contribution in [1.29, 1.82) is 0 Å². The number of fused-ring (bicyclic) bond motifs is 8. The van der Waals surface area contributed by atoms with Crippen molar-refractivity contribution in [2.45, 2.75) is 42.5 Å². The number of para-hydroxylation sites is 2. The lowest BCUT2D eigenvalue weighted by Crippen LogP contribution is -2.21. The number of aromatic amines is 2. The number of methoxy groups -OCH3 is 2. The molecule has 0 atom stereocenters. The Morgan fingerprint density at radius 1 is 0.587 bits per heavy atom. The van der Waals surface area contributed by atoms with E-state index in [2.05, 4.69) is 56.3 Å². The van der Waals surface area contributed by atoms with E-state index in [1.54, 1.807) is 33.7 Å². The molecule has 0 fully saturated rings. The number of nitrogens with one attached hydrogen (secondary N) is 3. The molecule has 0 radical (unpaired) electrons. The minimum atomic E-state index is -1.21. The molecule has 8 aromatic heterocycles. The number of carboxylic acid groups (broad SMARTS) is 1. The van der Waals surface area contributed by atoms with Crippen molar-refractivity contribution in [3.63, 3.8) is 0 Å². The van der Waals surface area contributed by atoms with Crippen LogP contribution in [0, 0.1) is 27.7 Å². The van der Waals surface area contributed by atoms with Gasteiger partial charge in [0.2, 0.25) is 11.6 Å². The van der Waals surface area contributed by atoms with Crippen molar-refractivity contribution in [1.82, 2.24) is 55.5 Å². The number of aryl methyl sites for hydroxylation is 4. The molecule has 6 N–H and O–H groups in total. The number of H-pyrrole nitrogens is 2. The third-order valence-electron chi connectivity index (χ3n) is 12.6. The summed E-state index contributed by atoms with van der Waals surface area (Å²) in [5.41, 5.74) is 16.3. The highest BCUT2D eigenvalue weighted by molar-refractivity contribution is 6.18. The van der Waals surface area contributed by atoms with E-state index in [0.29, 0.717) is 51.1 Å². The highest BCUT2D eigenvalue weighted by Gasteiger charge is 2.26. The number of carbonyl (C=O) groups is 2. The zero-order chi connectivity index (χ0) is 51.2. The highest BCUT2D eigenvalue weighted by Crippen LogP contribution is 2.44. The van der Waals surface area contributed by atoms with Crippen molar-refractivity contribution >= 4 is 77.6 Å². The Kier molecular flexibility index (Phi) is 14.4. The van der Waals surface area contributed by atoms with E-state index in [0.717, 1.165) is 93.8 Å². The molecule has 0 unspecified atom stereocenters. The van der Waals surface area contributed by atoms with E-state index >= 15 is 0 Å². The molecule has 0 saturated carbocycles. The van der Waals surface area contributed by atoms with Crippen molar-refractivity contribution < 1.29 is 33.2 Å². The Morgan fingerprint density at radius 3 is 1.41 bits per heavy atom. The van der Waals surface area contributed by atoms with Gasteiger partial charge in [-0.1, -0.05) is 61.6 Å². The fraction of sp³-hybridized carbons (Fsp3) is 0.179. The molecule has 1 amide bonds. The van der Waals surface area contributed by atoms with Gasteiger partial charge in [0, 0.05) is 74.3 Å². The predicted octanol–water partition coefficient (Wildman–Crippen LogP) is 11.1. The summed E-state index contributed by atoms with van der Waals surface area (Å²) in [7, 11) is 6.30. The predicted molar refractivity (Wildman–Crippen MR) is 291 cm³/mol. The van der Waals surface area contributed by atoms with Gasteiger partial charge in [-0.15, -0.1) is 0 Å². The molecule has 12 aromatic rings. The second-order valence-corrected chi connectivity index (χ2v) is 16.7. The molecule has 0 saturated heterocycles. The Balaban J connectivity index is 0.000000188. The van der Waals surface area contributed by atoms with Crippen LogP contribution < -0.4 is 20.5 Å².